The van der Waals surface area contributed by atoms with E-state index < -0.39 is 0 Å². The van der Waals surface area contributed by atoms with E-state index in [0.29, 0.717) is 5.92 Å². The minimum absolute atomic E-state index is 0.0479. The third-order valence-corrected chi connectivity index (χ3v) is 2.37. The van der Waals surface area contributed by atoms with Gasteiger partial charge in [0.2, 0.25) is 0 Å². The van der Waals surface area contributed by atoms with Crippen molar-refractivity contribution in [2.24, 2.45) is 5.92 Å². The van der Waals surface area contributed by atoms with Crippen LogP contribution >= 0.6 is 12.2 Å². The Morgan fingerprint density at radius 3 is 2.36 bits per heavy atom. The van der Waals surface area contributed by atoms with Crippen molar-refractivity contribution in [1.29, 1.82) is 0 Å². The van der Waals surface area contributed by atoms with Crippen LogP contribution in [-0.2, 0) is 12.0 Å². The Hall–Kier alpha value is -0.570. The minimum Gasteiger partial charge on any atom is -0.301 e. The number of rotatable bonds is 2. The van der Waals surface area contributed by atoms with Crippen LogP contribution in [0.5, 0.6) is 0 Å². The Balaban J connectivity index is 3.00. The zero-order valence-corrected chi connectivity index (χ0v) is 10.5. The lowest BCUT2D eigenvalue weighted by Crippen LogP contribution is -2.23. The minimum atomic E-state index is 0.0479. The number of aromatic nitrogens is 2. The van der Waals surface area contributed by atoms with Gasteiger partial charge in [-0.1, -0.05) is 26.1 Å². The predicted octanol–water partition coefficient (Wildman–Crippen LogP) is 3.50. The van der Waals surface area contributed by atoms with E-state index in [-0.39, 0.29) is 5.54 Å². The van der Waals surface area contributed by atoms with E-state index in [4.69, 9.17) is 12.2 Å². The molecule has 2 nitrogen and oxygen atoms in total. The number of hydrogen-bond donors (Lipinski definition) is 1. The van der Waals surface area contributed by atoms with Crippen LogP contribution < -0.4 is 0 Å². The molecule has 0 saturated carbocycles. The van der Waals surface area contributed by atoms with Gasteiger partial charge in [0.05, 0.1) is 5.54 Å². The van der Waals surface area contributed by atoms with Gasteiger partial charge in [-0.2, -0.15) is 0 Å². The molecule has 0 amide bonds. The monoisotopic (exact) mass is 212 g/mol. The van der Waals surface area contributed by atoms with Gasteiger partial charge in [0, 0.05) is 5.69 Å². The summed E-state index contributed by atoms with van der Waals surface area (Å²) in [5.41, 5.74) is 1.28. The normalized spacial score (nSPS) is 12.4. The van der Waals surface area contributed by atoms with E-state index in [0.717, 1.165) is 11.1 Å². The fourth-order valence-electron chi connectivity index (χ4n) is 1.49. The molecule has 0 fully saturated rings. The van der Waals surface area contributed by atoms with E-state index in [9.17, 15) is 0 Å². The van der Waals surface area contributed by atoms with Crippen LogP contribution in [0.1, 0.15) is 40.3 Å². The average molecular weight is 212 g/mol. The van der Waals surface area contributed by atoms with Gasteiger partial charge in [-0.3, -0.25) is 4.68 Å². The molecule has 0 radical (unpaired) electrons. The Morgan fingerprint density at radius 1 is 1.43 bits per heavy atom. The topological polar surface area (TPSA) is 20.7 Å². The summed E-state index contributed by atoms with van der Waals surface area (Å²) in [4.78, 5) is 0. The second-order valence-electron chi connectivity index (χ2n) is 5.22. The van der Waals surface area contributed by atoms with Crippen LogP contribution in [-0.4, -0.2) is 9.78 Å². The number of hydrogen-bond acceptors (Lipinski definition) is 1. The van der Waals surface area contributed by atoms with E-state index in [1.807, 2.05) is 0 Å². The number of H-pyrrole nitrogens is 1. The van der Waals surface area contributed by atoms with Crippen molar-refractivity contribution in [3.8, 4) is 0 Å². The first kappa shape index (κ1) is 11.5. The molecule has 3 heteroatoms. The zero-order chi connectivity index (χ0) is 10.9. The molecule has 14 heavy (non-hydrogen) atoms. The Morgan fingerprint density at radius 2 is 2.00 bits per heavy atom. The van der Waals surface area contributed by atoms with Crippen molar-refractivity contribution in [1.82, 2.24) is 9.78 Å². The second kappa shape index (κ2) is 3.89. The first-order chi connectivity index (χ1) is 6.30. The maximum Gasteiger partial charge on any atom is 0.122 e. The Kier molecular flexibility index (Phi) is 3.20. The molecule has 1 N–H and O–H groups in total. The molecule has 1 aromatic heterocycles. The van der Waals surface area contributed by atoms with Gasteiger partial charge in [-0.15, -0.1) is 0 Å². The Bertz CT molecular complexity index is 352. The highest BCUT2D eigenvalue weighted by molar-refractivity contribution is 7.71. The van der Waals surface area contributed by atoms with Crippen LogP contribution in [0, 0.1) is 10.6 Å². The molecular weight excluding hydrogens is 192 g/mol. The molecule has 80 valence electrons. The summed E-state index contributed by atoms with van der Waals surface area (Å²) in [6.45, 7) is 10.9. The smallest absolute Gasteiger partial charge is 0.122 e. The van der Waals surface area contributed by atoms with Crippen molar-refractivity contribution in [3.05, 3.63) is 16.4 Å². The highest BCUT2D eigenvalue weighted by Gasteiger charge is 2.15. The highest BCUT2D eigenvalue weighted by Crippen LogP contribution is 2.16. The van der Waals surface area contributed by atoms with E-state index >= 15 is 0 Å². The van der Waals surface area contributed by atoms with E-state index in [2.05, 4.69) is 50.5 Å². The first-order valence-corrected chi connectivity index (χ1v) is 5.53. The van der Waals surface area contributed by atoms with Gasteiger partial charge in [-0.05, 0) is 39.2 Å². The number of aromatic amines is 1. The molecule has 0 unspecified atom stereocenters. The van der Waals surface area contributed by atoms with Crippen LogP contribution in [0.25, 0.3) is 0 Å². The van der Waals surface area contributed by atoms with Crippen LogP contribution in [0.15, 0.2) is 6.07 Å². The van der Waals surface area contributed by atoms with Crippen molar-refractivity contribution < 1.29 is 0 Å². The van der Waals surface area contributed by atoms with Crippen LogP contribution in [0.2, 0.25) is 0 Å². The van der Waals surface area contributed by atoms with Gasteiger partial charge in [0.15, 0.2) is 0 Å². The zero-order valence-electron chi connectivity index (χ0n) is 9.72. The molecule has 1 rings (SSSR count). The first-order valence-electron chi connectivity index (χ1n) is 5.12. The molecule has 0 aliphatic carbocycles. The van der Waals surface area contributed by atoms with Gasteiger partial charge in [-0.25, -0.2) is 0 Å². The van der Waals surface area contributed by atoms with Crippen molar-refractivity contribution in [2.45, 2.75) is 46.6 Å². The van der Waals surface area contributed by atoms with Gasteiger partial charge in [0.25, 0.3) is 0 Å². The summed E-state index contributed by atoms with van der Waals surface area (Å²) in [7, 11) is 0. The van der Waals surface area contributed by atoms with Crippen molar-refractivity contribution >= 4 is 12.2 Å². The molecule has 1 aromatic rings. The van der Waals surface area contributed by atoms with Gasteiger partial charge < -0.3 is 5.10 Å². The Labute approximate surface area is 91.3 Å². The number of nitrogens with one attached hydrogen (secondary N) is 1. The predicted molar refractivity (Wildman–Crippen MR) is 63.2 cm³/mol. The summed E-state index contributed by atoms with van der Waals surface area (Å²) in [6, 6.07) is 2.07. The highest BCUT2D eigenvalue weighted by atomic mass is 32.1. The fraction of sp³-hybridized carbons (Fsp3) is 0.727. The van der Waals surface area contributed by atoms with E-state index in [1.54, 1.807) is 0 Å². The summed E-state index contributed by atoms with van der Waals surface area (Å²) in [5.74, 6) is 0.663. The van der Waals surface area contributed by atoms with Gasteiger partial charge >= 0.3 is 0 Å². The molecule has 0 spiro atoms. The molecule has 0 atom stereocenters. The van der Waals surface area contributed by atoms with Crippen LogP contribution in [0.4, 0.5) is 0 Å². The maximum absolute atomic E-state index is 5.31. The summed E-state index contributed by atoms with van der Waals surface area (Å²) in [6.07, 6.45) is 1.06. The van der Waals surface area contributed by atoms with Crippen molar-refractivity contribution in [2.75, 3.05) is 0 Å². The fourth-order valence-corrected chi connectivity index (χ4v) is 1.95. The molecule has 0 bridgehead atoms. The van der Waals surface area contributed by atoms with E-state index in [1.165, 1.54) is 5.69 Å². The molecule has 1 heterocycles. The maximum atomic E-state index is 5.31. The molecule has 0 aliphatic heterocycles. The van der Waals surface area contributed by atoms with Gasteiger partial charge in [0.1, 0.15) is 4.64 Å². The lowest BCUT2D eigenvalue weighted by Gasteiger charge is -2.20. The second-order valence-corrected chi connectivity index (χ2v) is 5.64. The summed E-state index contributed by atoms with van der Waals surface area (Å²) < 4.78 is 2.95. The number of nitrogens with zero attached hydrogens (tertiary/aromatic N) is 1. The lowest BCUT2D eigenvalue weighted by atomic mass is 10.1. The standard InChI is InChI=1S/C11H20N2S/c1-8(2)6-9-7-10(14)13(12-9)11(3,4)5/h7-8,12H,6H2,1-5H3. The lowest BCUT2D eigenvalue weighted by molar-refractivity contribution is 0.348. The third kappa shape index (κ3) is 2.71. The quantitative estimate of drug-likeness (QED) is 0.744. The van der Waals surface area contributed by atoms with Crippen molar-refractivity contribution in [3.63, 3.8) is 0 Å². The molecule has 0 aliphatic rings. The molecule has 0 aromatic carbocycles. The third-order valence-electron chi connectivity index (χ3n) is 2.07. The largest absolute Gasteiger partial charge is 0.301 e. The summed E-state index contributed by atoms with van der Waals surface area (Å²) >= 11 is 5.31. The summed E-state index contributed by atoms with van der Waals surface area (Å²) in [5, 5.41) is 3.37. The SMILES string of the molecule is CC(C)Cc1cc(=S)n(C(C)(C)C)[nH]1. The van der Waals surface area contributed by atoms with Crippen LogP contribution in [0.3, 0.4) is 0 Å². The average Bonchev–Trinajstić information content (AvgIpc) is 2.27. The molecule has 0 saturated heterocycles. The molecular formula is C11H20N2S.